The number of imidazole rings is 1. The fourth-order valence-electron chi connectivity index (χ4n) is 3.38. The molecule has 0 radical (unpaired) electrons. The molecule has 0 saturated carbocycles. The van der Waals surface area contributed by atoms with E-state index in [1.54, 1.807) is 0 Å². The molecule has 0 aromatic carbocycles. The van der Waals surface area contributed by atoms with E-state index in [1.165, 1.54) is 12.5 Å². The Morgan fingerprint density at radius 3 is 2.05 bits per heavy atom. The van der Waals surface area contributed by atoms with Crippen LogP contribution in [0.3, 0.4) is 0 Å². The van der Waals surface area contributed by atoms with Gasteiger partial charge in [0.1, 0.15) is 18.1 Å². The van der Waals surface area contributed by atoms with E-state index in [-0.39, 0.29) is 51.0 Å². The number of hydrogen-bond donors (Lipinski definition) is 10. The van der Waals surface area contributed by atoms with E-state index in [1.807, 2.05) is 0 Å². The van der Waals surface area contributed by atoms with Crippen molar-refractivity contribution in [3.05, 3.63) is 18.2 Å². The molecule has 0 spiro atoms. The molecule has 40 heavy (non-hydrogen) atoms. The van der Waals surface area contributed by atoms with Gasteiger partial charge in [0, 0.05) is 37.7 Å². The van der Waals surface area contributed by atoms with Crippen LogP contribution in [0.25, 0.3) is 0 Å². The first kappa shape index (κ1) is 33.3. The molecule has 1 aromatic rings. The summed E-state index contributed by atoms with van der Waals surface area (Å²) in [4.78, 5) is 82.9. The monoisotopic (exact) mass is 568 g/mol. The number of nitrogens with two attached hydrogens (primary N) is 4. The summed E-state index contributed by atoms with van der Waals surface area (Å²) in [5.41, 5.74) is 21.8. The van der Waals surface area contributed by atoms with Crippen molar-refractivity contribution in [2.75, 3.05) is 6.54 Å². The van der Waals surface area contributed by atoms with E-state index >= 15 is 0 Å². The van der Waals surface area contributed by atoms with Crippen molar-refractivity contribution in [1.29, 1.82) is 0 Å². The SMILES string of the molecule is NC(=O)CCC(NC(=O)C(N)CCC(=O)O)C(=O)NC(Cc1cnc[nH]1)C(=O)NC(CCCN=C(N)N)C(=O)O. The van der Waals surface area contributed by atoms with Gasteiger partial charge < -0.3 is 54.1 Å². The van der Waals surface area contributed by atoms with Crippen molar-refractivity contribution in [1.82, 2.24) is 25.9 Å². The highest BCUT2D eigenvalue weighted by molar-refractivity contribution is 5.94. The van der Waals surface area contributed by atoms with Crippen LogP contribution >= 0.6 is 0 Å². The van der Waals surface area contributed by atoms with Crippen molar-refractivity contribution in [3.63, 3.8) is 0 Å². The summed E-state index contributed by atoms with van der Waals surface area (Å²) in [5.74, 6) is -6.03. The van der Waals surface area contributed by atoms with E-state index in [2.05, 4.69) is 30.9 Å². The number of nitrogens with zero attached hydrogens (tertiary/aromatic N) is 2. The minimum absolute atomic E-state index is 0.0197. The second-order valence-corrected chi connectivity index (χ2v) is 8.80. The highest BCUT2D eigenvalue weighted by Gasteiger charge is 2.31. The maximum atomic E-state index is 13.1. The third-order valence-corrected chi connectivity index (χ3v) is 5.49. The number of aromatic nitrogens is 2. The number of aromatic amines is 1. The van der Waals surface area contributed by atoms with Crippen LogP contribution in [0.15, 0.2) is 17.5 Å². The summed E-state index contributed by atoms with van der Waals surface area (Å²) in [7, 11) is 0. The number of carboxylic acids is 2. The van der Waals surface area contributed by atoms with Gasteiger partial charge in [-0.15, -0.1) is 0 Å². The van der Waals surface area contributed by atoms with Gasteiger partial charge in [-0.3, -0.25) is 29.0 Å². The average molecular weight is 569 g/mol. The standard InChI is InChI=1S/C22H36N10O8/c23-12(3-6-17(34)35)18(36)30-13(4-5-16(24)33)19(37)32-15(8-11-9-27-10-29-11)20(38)31-14(21(39)40)2-1-7-28-22(25)26/h9-10,12-15H,1-8,23H2,(H2,24,33)(H,27,29)(H,30,36)(H,31,38)(H,32,37)(H,34,35)(H,39,40)(H4,25,26,28). The van der Waals surface area contributed by atoms with Gasteiger partial charge in [-0.25, -0.2) is 9.78 Å². The lowest BCUT2D eigenvalue weighted by molar-refractivity contribution is -0.142. The van der Waals surface area contributed by atoms with Crippen LogP contribution in [0.1, 0.15) is 44.2 Å². The quantitative estimate of drug-likeness (QED) is 0.0433. The third-order valence-electron chi connectivity index (χ3n) is 5.49. The minimum atomic E-state index is -1.37. The fourth-order valence-corrected chi connectivity index (χ4v) is 3.38. The number of carbonyl (C=O) groups excluding carboxylic acids is 4. The molecule has 1 aromatic heterocycles. The number of primary amides is 1. The van der Waals surface area contributed by atoms with Crippen LogP contribution < -0.4 is 38.9 Å². The molecule has 18 heteroatoms. The zero-order chi connectivity index (χ0) is 30.2. The van der Waals surface area contributed by atoms with Crippen LogP contribution in [0.5, 0.6) is 0 Å². The number of hydrogen-bond acceptors (Lipinski definition) is 9. The van der Waals surface area contributed by atoms with E-state index in [0.29, 0.717) is 5.69 Å². The molecule has 0 aliphatic heterocycles. The van der Waals surface area contributed by atoms with Crippen LogP contribution in [-0.4, -0.2) is 92.4 Å². The van der Waals surface area contributed by atoms with E-state index in [0.717, 1.165) is 0 Å². The van der Waals surface area contributed by atoms with Gasteiger partial charge in [-0.1, -0.05) is 0 Å². The minimum Gasteiger partial charge on any atom is -0.481 e. The molecule has 1 rings (SSSR count). The maximum Gasteiger partial charge on any atom is 0.326 e. The van der Waals surface area contributed by atoms with Crippen LogP contribution in [-0.2, 0) is 35.2 Å². The number of rotatable bonds is 19. The normalized spacial score (nSPS) is 13.6. The predicted octanol–water partition coefficient (Wildman–Crippen LogP) is -4.00. The van der Waals surface area contributed by atoms with Gasteiger partial charge in [0.25, 0.3) is 0 Å². The van der Waals surface area contributed by atoms with Crippen molar-refractivity contribution in [2.24, 2.45) is 27.9 Å². The second-order valence-electron chi connectivity index (χ2n) is 8.80. The zero-order valence-electron chi connectivity index (χ0n) is 21.7. The largest absolute Gasteiger partial charge is 0.481 e. The molecule has 0 bridgehead atoms. The van der Waals surface area contributed by atoms with E-state index < -0.39 is 66.2 Å². The van der Waals surface area contributed by atoms with E-state index in [4.69, 9.17) is 28.0 Å². The third kappa shape index (κ3) is 13.2. The van der Waals surface area contributed by atoms with Gasteiger partial charge in [-0.2, -0.15) is 0 Å². The molecule has 0 saturated heterocycles. The molecule has 0 aliphatic rings. The number of amides is 4. The van der Waals surface area contributed by atoms with Crippen molar-refractivity contribution in [2.45, 2.75) is 69.1 Å². The van der Waals surface area contributed by atoms with Crippen molar-refractivity contribution in [3.8, 4) is 0 Å². The summed E-state index contributed by atoms with van der Waals surface area (Å²) < 4.78 is 0. The number of carboxylic acid groups (broad SMARTS) is 2. The van der Waals surface area contributed by atoms with Gasteiger partial charge in [-0.05, 0) is 25.7 Å². The Labute approximate surface area is 228 Å². The number of aliphatic imine (C=N–C) groups is 1. The first-order valence-electron chi connectivity index (χ1n) is 12.2. The Kier molecular flexibility index (Phi) is 14.1. The molecule has 4 unspecified atom stereocenters. The Morgan fingerprint density at radius 1 is 0.875 bits per heavy atom. The first-order valence-corrected chi connectivity index (χ1v) is 12.2. The van der Waals surface area contributed by atoms with Crippen molar-refractivity contribution >= 4 is 41.5 Å². The molecule has 0 aliphatic carbocycles. The van der Waals surface area contributed by atoms with Crippen LogP contribution in [0.4, 0.5) is 0 Å². The topological polar surface area (TPSA) is 324 Å². The Bertz CT molecular complexity index is 1060. The number of carbonyl (C=O) groups is 6. The number of guanidine groups is 1. The molecule has 1 heterocycles. The first-order chi connectivity index (χ1) is 18.8. The Morgan fingerprint density at radius 2 is 1.50 bits per heavy atom. The maximum absolute atomic E-state index is 13.1. The summed E-state index contributed by atoms with van der Waals surface area (Å²) in [6, 6.07) is -5.30. The van der Waals surface area contributed by atoms with Crippen LogP contribution in [0.2, 0.25) is 0 Å². The van der Waals surface area contributed by atoms with Gasteiger partial charge in [0.05, 0.1) is 12.4 Å². The van der Waals surface area contributed by atoms with E-state index in [9.17, 15) is 33.9 Å². The van der Waals surface area contributed by atoms with Gasteiger partial charge in [0.15, 0.2) is 5.96 Å². The number of H-pyrrole nitrogens is 1. The summed E-state index contributed by atoms with van der Waals surface area (Å²) >= 11 is 0. The molecule has 222 valence electrons. The van der Waals surface area contributed by atoms with Crippen LogP contribution in [0, 0.1) is 0 Å². The molecule has 0 fully saturated rings. The molecule has 14 N–H and O–H groups in total. The Hall–Kier alpha value is -4.74. The lowest BCUT2D eigenvalue weighted by Crippen LogP contribution is -2.57. The van der Waals surface area contributed by atoms with Crippen molar-refractivity contribution < 1.29 is 39.0 Å². The van der Waals surface area contributed by atoms with Gasteiger partial charge >= 0.3 is 11.9 Å². The molecule has 18 nitrogen and oxygen atoms in total. The number of nitrogens with one attached hydrogen (secondary N) is 4. The average Bonchev–Trinajstić information content (AvgIpc) is 3.38. The smallest absolute Gasteiger partial charge is 0.326 e. The predicted molar refractivity (Wildman–Crippen MR) is 139 cm³/mol. The second kappa shape index (κ2) is 17.0. The summed E-state index contributed by atoms with van der Waals surface area (Å²) in [6.45, 7) is 0.131. The lowest BCUT2D eigenvalue weighted by atomic mass is 10.1. The fraction of sp³-hybridized carbons (Fsp3) is 0.545. The number of aliphatic carboxylic acids is 2. The zero-order valence-corrected chi connectivity index (χ0v) is 21.7. The summed E-state index contributed by atoms with van der Waals surface area (Å²) in [5, 5.41) is 25.5. The molecular weight excluding hydrogens is 532 g/mol. The molecular formula is C22H36N10O8. The molecule has 4 amide bonds. The van der Waals surface area contributed by atoms with Gasteiger partial charge in [0.2, 0.25) is 23.6 Å². The highest BCUT2D eigenvalue weighted by Crippen LogP contribution is 2.06. The molecule has 4 atom stereocenters. The Balaban J connectivity index is 3.05. The summed E-state index contributed by atoms with van der Waals surface area (Å²) in [6.07, 6.45) is 1.65. The highest BCUT2D eigenvalue weighted by atomic mass is 16.4. The lowest BCUT2D eigenvalue weighted by Gasteiger charge is -2.25.